The Bertz CT molecular complexity index is 814. The van der Waals surface area contributed by atoms with Crippen LogP contribution in [0.2, 0.25) is 5.02 Å². The number of aromatic amines is 1. The second-order valence-electron chi connectivity index (χ2n) is 3.66. The molecule has 0 aliphatic rings. The SMILES string of the molecule is O=c1[nH]nc2cc(Oc3cc(Br)ccc3Cl)ncn12. The molecule has 3 aromatic rings. The van der Waals surface area contributed by atoms with Crippen LogP contribution in [0.4, 0.5) is 0 Å². The molecule has 1 N–H and O–H groups in total. The lowest BCUT2D eigenvalue weighted by Gasteiger charge is -2.06. The van der Waals surface area contributed by atoms with Crippen molar-refractivity contribution in [3.8, 4) is 11.6 Å². The number of benzene rings is 1. The quantitative estimate of drug-likeness (QED) is 0.778. The van der Waals surface area contributed by atoms with Crippen LogP contribution in [0.25, 0.3) is 5.65 Å². The largest absolute Gasteiger partial charge is 0.437 e. The van der Waals surface area contributed by atoms with Crippen molar-refractivity contribution in [2.24, 2.45) is 0 Å². The number of H-pyrrole nitrogens is 1. The maximum absolute atomic E-state index is 11.3. The first-order chi connectivity index (χ1) is 9.13. The number of halogens is 2. The number of hydrogen-bond donors (Lipinski definition) is 1. The number of nitrogens with zero attached hydrogens (tertiary/aromatic N) is 3. The third-order valence-electron chi connectivity index (χ3n) is 2.39. The van der Waals surface area contributed by atoms with E-state index in [9.17, 15) is 4.79 Å². The van der Waals surface area contributed by atoms with Gasteiger partial charge in [0.25, 0.3) is 0 Å². The van der Waals surface area contributed by atoms with E-state index in [4.69, 9.17) is 16.3 Å². The van der Waals surface area contributed by atoms with Crippen LogP contribution < -0.4 is 10.4 Å². The summed E-state index contributed by atoms with van der Waals surface area (Å²) in [6.07, 6.45) is 1.34. The molecule has 1 aromatic carbocycles. The molecule has 3 rings (SSSR count). The first kappa shape index (κ1) is 12.2. The lowest BCUT2D eigenvalue weighted by Crippen LogP contribution is -2.09. The van der Waals surface area contributed by atoms with Gasteiger partial charge in [-0.2, -0.15) is 5.10 Å². The zero-order valence-corrected chi connectivity index (χ0v) is 11.6. The molecule has 96 valence electrons. The normalized spacial score (nSPS) is 10.8. The van der Waals surface area contributed by atoms with Crippen LogP contribution in [0, 0.1) is 0 Å². The monoisotopic (exact) mass is 340 g/mol. The van der Waals surface area contributed by atoms with Crippen LogP contribution in [0.3, 0.4) is 0 Å². The Hall–Kier alpha value is -1.86. The third-order valence-corrected chi connectivity index (χ3v) is 3.20. The van der Waals surface area contributed by atoms with E-state index in [0.29, 0.717) is 22.3 Å². The molecule has 0 spiro atoms. The van der Waals surface area contributed by atoms with Gasteiger partial charge in [0.15, 0.2) is 5.65 Å². The van der Waals surface area contributed by atoms with Crippen molar-refractivity contribution in [1.29, 1.82) is 0 Å². The van der Waals surface area contributed by atoms with Crippen LogP contribution in [0.15, 0.2) is 39.9 Å². The van der Waals surface area contributed by atoms with E-state index in [0.717, 1.165) is 4.47 Å². The van der Waals surface area contributed by atoms with Gasteiger partial charge in [0, 0.05) is 10.5 Å². The number of ether oxygens (including phenoxy) is 1. The van der Waals surface area contributed by atoms with E-state index in [1.54, 1.807) is 18.2 Å². The molecule has 0 bridgehead atoms. The van der Waals surface area contributed by atoms with Crippen molar-refractivity contribution in [3.05, 3.63) is 50.6 Å². The van der Waals surface area contributed by atoms with Crippen LogP contribution in [0.5, 0.6) is 11.6 Å². The minimum Gasteiger partial charge on any atom is -0.437 e. The highest BCUT2D eigenvalue weighted by atomic mass is 79.9. The van der Waals surface area contributed by atoms with Gasteiger partial charge in [0.2, 0.25) is 5.88 Å². The van der Waals surface area contributed by atoms with Gasteiger partial charge >= 0.3 is 5.69 Å². The highest BCUT2D eigenvalue weighted by Gasteiger charge is 2.07. The van der Waals surface area contributed by atoms with Crippen LogP contribution in [0.1, 0.15) is 0 Å². The highest BCUT2D eigenvalue weighted by Crippen LogP contribution is 2.31. The molecule has 6 nitrogen and oxygen atoms in total. The minimum atomic E-state index is -0.352. The molecule has 0 aliphatic heterocycles. The Labute approximate surface area is 120 Å². The van der Waals surface area contributed by atoms with Crippen molar-refractivity contribution in [3.63, 3.8) is 0 Å². The maximum atomic E-state index is 11.3. The molecule has 0 atom stereocenters. The number of fused-ring (bicyclic) bond motifs is 1. The molecule has 0 radical (unpaired) electrons. The summed E-state index contributed by atoms with van der Waals surface area (Å²) in [6.45, 7) is 0. The summed E-state index contributed by atoms with van der Waals surface area (Å²) in [7, 11) is 0. The smallest absolute Gasteiger partial charge is 0.348 e. The summed E-state index contributed by atoms with van der Waals surface area (Å²) in [4.78, 5) is 15.3. The molecule has 2 heterocycles. The Morgan fingerprint density at radius 2 is 2.21 bits per heavy atom. The topological polar surface area (TPSA) is 72.3 Å². The van der Waals surface area contributed by atoms with Crippen LogP contribution >= 0.6 is 27.5 Å². The van der Waals surface area contributed by atoms with Crippen molar-refractivity contribution >= 4 is 33.2 Å². The van der Waals surface area contributed by atoms with E-state index >= 15 is 0 Å². The molecule has 0 saturated carbocycles. The molecule has 8 heteroatoms. The average Bonchev–Trinajstić information content (AvgIpc) is 2.75. The molecule has 0 saturated heterocycles. The number of nitrogens with one attached hydrogen (secondary N) is 1. The summed E-state index contributed by atoms with van der Waals surface area (Å²) in [5.74, 6) is 0.761. The molecule has 19 heavy (non-hydrogen) atoms. The molecular weight excluding hydrogens is 336 g/mol. The van der Waals surface area contributed by atoms with Crippen molar-refractivity contribution in [1.82, 2.24) is 19.6 Å². The van der Waals surface area contributed by atoms with E-state index in [1.807, 2.05) is 0 Å². The zero-order chi connectivity index (χ0) is 13.4. The Morgan fingerprint density at radius 1 is 1.37 bits per heavy atom. The zero-order valence-electron chi connectivity index (χ0n) is 9.30. The maximum Gasteiger partial charge on any atom is 0.348 e. The number of rotatable bonds is 2. The van der Waals surface area contributed by atoms with Gasteiger partial charge < -0.3 is 4.74 Å². The van der Waals surface area contributed by atoms with Crippen molar-refractivity contribution in [2.75, 3.05) is 0 Å². The van der Waals surface area contributed by atoms with E-state index in [2.05, 4.69) is 31.1 Å². The second-order valence-corrected chi connectivity index (χ2v) is 4.98. The van der Waals surface area contributed by atoms with Gasteiger partial charge in [-0.15, -0.1) is 0 Å². The Balaban J connectivity index is 2.01. The van der Waals surface area contributed by atoms with Gasteiger partial charge in [0.1, 0.15) is 12.1 Å². The molecule has 0 fully saturated rings. The minimum absolute atomic E-state index is 0.298. The molecule has 0 aliphatic carbocycles. The van der Waals surface area contributed by atoms with E-state index < -0.39 is 0 Å². The highest BCUT2D eigenvalue weighted by molar-refractivity contribution is 9.10. The van der Waals surface area contributed by atoms with Gasteiger partial charge in [0.05, 0.1) is 5.02 Å². The summed E-state index contributed by atoms with van der Waals surface area (Å²) < 4.78 is 7.68. The second kappa shape index (κ2) is 4.67. The van der Waals surface area contributed by atoms with Gasteiger partial charge in [-0.1, -0.05) is 27.5 Å². The lowest BCUT2D eigenvalue weighted by atomic mass is 10.3. The predicted octanol–water partition coefficient (Wildman–Crippen LogP) is 2.63. The van der Waals surface area contributed by atoms with Crippen LogP contribution in [-0.4, -0.2) is 19.6 Å². The molecule has 2 aromatic heterocycles. The van der Waals surface area contributed by atoms with Crippen molar-refractivity contribution in [2.45, 2.75) is 0 Å². The predicted molar refractivity (Wildman–Crippen MR) is 72.8 cm³/mol. The fraction of sp³-hybridized carbons (Fsp3) is 0. The number of aromatic nitrogens is 4. The summed E-state index contributed by atoms with van der Waals surface area (Å²) in [5, 5.41) is 6.60. The first-order valence-corrected chi connectivity index (χ1v) is 6.36. The standard InChI is InChI=1S/C11H6BrClN4O2/c12-6-1-2-7(13)8(3-6)19-10-4-9-15-16-11(18)17(9)5-14-10/h1-5H,(H,16,18). The summed E-state index contributed by atoms with van der Waals surface area (Å²) in [6, 6.07) is 6.78. The third kappa shape index (κ3) is 2.34. The Kier molecular flexibility index (Phi) is 3.00. The average molecular weight is 342 g/mol. The van der Waals surface area contributed by atoms with Gasteiger partial charge in [-0.25, -0.2) is 19.3 Å². The lowest BCUT2D eigenvalue weighted by molar-refractivity contribution is 0.461. The van der Waals surface area contributed by atoms with Gasteiger partial charge in [-0.3, -0.25) is 0 Å². The molecule has 0 unspecified atom stereocenters. The molecule has 0 amide bonds. The Morgan fingerprint density at radius 3 is 3.05 bits per heavy atom. The number of hydrogen-bond acceptors (Lipinski definition) is 4. The van der Waals surface area contributed by atoms with Crippen molar-refractivity contribution < 1.29 is 4.74 Å². The summed E-state index contributed by atoms with van der Waals surface area (Å²) >= 11 is 9.35. The summed E-state index contributed by atoms with van der Waals surface area (Å²) in [5.41, 5.74) is 0.0654. The molecular formula is C11H6BrClN4O2. The van der Waals surface area contributed by atoms with E-state index in [1.165, 1.54) is 16.8 Å². The first-order valence-electron chi connectivity index (χ1n) is 5.19. The van der Waals surface area contributed by atoms with E-state index in [-0.39, 0.29) is 5.69 Å². The van der Waals surface area contributed by atoms with Gasteiger partial charge in [-0.05, 0) is 18.2 Å². The fourth-order valence-corrected chi connectivity index (χ4v) is 2.01. The fourth-order valence-electron chi connectivity index (χ4n) is 1.52. The van der Waals surface area contributed by atoms with Crippen LogP contribution in [-0.2, 0) is 0 Å².